The van der Waals surface area contributed by atoms with Crippen LogP contribution in [0.15, 0.2) is 47.4 Å². The normalized spacial score (nSPS) is 11.9. The number of anilines is 2. The lowest BCUT2D eigenvalue weighted by Gasteiger charge is -2.07. The minimum atomic E-state index is -1.42. The SMILES string of the molecule is Cc1cccc(S(=O)CC(=O)Nc2ccc(F)c(N)c2)c1. The number of aryl methyl sites for hydroxylation is 1. The molecule has 4 nitrogen and oxygen atoms in total. The van der Waals surface area contributed by atoms with Crippen molar-refractivity contribution in [1.82, 2.24) is 0 Å². The van der Waals surface area contributed by atoms with E-state index in [1.807, 2.05) is 13.0 Å². The van der Waals surface area contributed by atoms with Gasteiger partial charge in [0.1, 0.15) is 11.6 Å². The average molecular weight is 306 g/mol. The zero-order valence-electron chi connectivity index (χ0n) is 11.4. The lowest BCUT2D eigenvalue weighted by Crippen LogP contribution is -2.19. The predicted octanol–water partition coefficient (Wildman–Crippen LogP) is 2.46. The molecule has 2 rings (SSSR count). The second kappa shape index (κ2) is 6.49. The molecular formula is C15H15FN2O2S. The molecule has 0 aliphatic rings. The number of hydrogen-bond acceptors (Lipinski definition) is 3. The van der Waals surface area contributed by atoms with Gasteiger partial charge < -0.3 is 11.1 Å². The molecule has 0 aromatic heterocycles. The number of amides is 1. The van der Waals surface area contributed by atoms with Crippen LogP contribution in [-0.2, 0) is 15.6 Å². The molecule has 3 N–H and O–H groups in total. The van der Waals surface area contributed by atoms with E-state index in [1.165, 1.54) is 18.2 Å². The Labute approximate surface area is 124 Å². The van der Waals surface area contributed by atoms with Gasteiger partial charge in [-0.2, -0.15) is 0 Å². The maximum Gasteiger partial charge on any atom is 0.237 e. The Bertz CT molecular complexity index is 704. The summed E-state index contributed by atoms with van der Waals surface area (Å²) in [5.74, 6) is -1.13. The molecule has 0 saturated carbocycles. The number of nitrogen functional groups attached to an aromatic ring is 1. The fourth-order valence-electron chi connectivity index (χ4n) is 1.78. The van der Waals surface area contributed by atoms with E-state index in [0.29, 0.717) is 10.6 Å². The van der Waals surface area contributed by atoms with E-state index in [4.69, 9.17) is 5.73 Å². The third-order valence-electron chi connectivity index (χ3n) is 2.79. The number of carbonyl (C=O) groups is 1. The number of nitrogens with two attached hydrogens (primary N) is 1. The highest BCUT2D eigenvalue weighted by molar-refractivity contribution is 7.85. The minimum absolute atomic E-state index is 0.0485. The zero-order valence-corrected chi connectivity index (χ0v) is 12.2. The first-order valence-electron chi connectivity index (χ1n) is 6.25. The van der Waals surface area contributed by atoms with Crippen molar-refractivity contribution in [2.75, 3.05) is 16.8 Å². The van der Waals surface area contributed by atoms with Crippen molar-refractivity contribution in [1.29, 1.82) is 0 Å². The molecule has 1 unspecified atom stereocenters. The molecule has 2 aromatic carbocycles. The van der Waals surface area contributed by atoms with Crippen LogP contribution in [0, 0.1) is 12.7 Å². The molecule has 0 spiro atoms. The van der Waals surface area contributed by atoms with Crippen molar-refractivity contribution in [3.8, 4) is 0 Å². The van der Waals surface area contributed by atoms with Gasteiger partial charge in [-0.25, -0.2) is 4.39 Å². The van der Waals surface area contributed by atoms with Crippen LogP contribution >= 0.6 is 0 Å². The molecule has 1 atom stereocenters. The first-order chi connectivity index (χ1) is 9.95. The Morgan fingerprint density at radius 2 is 2.05 bits per heavy atom. The Kier molecular flexibility index (Phi) is 4.70. The summed E-state index contributed by atoms with van der Waals surface area (Å²) in [5, 5.41) is 2.55. The highest BCUT2D eigenvalue weighted by Crippen LogP contribution is 2.16. The van der Waals surface area contributed by atoms with Crippen molar-refractivity contribution in [3.05, 3.63) is 53.8 Å². The van der Waals surface area contributed by atoms with Gasteiger partial charge in [0.05, 0.1) is 16.5 Å². The van der Waals surface area contributed by atoms with Gasteiger partial charge in [-0.3, -0.25) is 9.00 Å². The van der Waals surface area contributed by atoms with Crippen molar-refractivity contribution in [2.24, 2.45) is 0 Å². The van der Waals surface area contributed by atoms with E-state index < -0.39 is 22.5 Å². The fraction of sp³-hybridized carbons (Fsp3) is 0.133. The molecule has 0 radical (unpaired) electrons. The molecule has 21 heavy (non-hydrogen) atoms. The van der Waals surface area contributed by atoms with E-state index in [0.717, 1.165) is 5.56 Å². The van der Waals surface area contributed by atoms with Crippen LogP contribution in [0.3, 0.4) is 0 Å². The van der Waals surface area contributed by atoms with E-state index in [9.17, 15) is 13.4 Å². The first kappa shape index (κ1) is 15.2. The summed E-state index contributed by atoms with van der Waals surface area (Å²) < 4.78 is 25.1. The topological polar surface area (TPSA) is 72.2 Å². The summed E-state index contributed by atoms with van der Waals surface area (Å²) in [7, 11) is -1.42. The Hall–Kier alpha value is -2.21. The average Bonchev–Trinajstić information content (AvgIpc) is 2.43. The summed E-state index contributed by atoms with van der Waals surface area (Å²) in [6.07, 6.45) is 0. The number of halogens is 1. The summed E-state index contributed by atoms with van der Waals surface area (Å²) >= 11 is 0. The van der Waals surface area contributed by atoms with Gasteiger partial charge in [0.2, 0.25) is 5.91 Å². The third-order valence-corrected chi connectivity index (χ3v) is 4.10. The third kappa shape index (κ3) is 4.13. The number of benzene rings is 2. The van der Waals surface area contributed by atoms with Crippen LogP contribution in [0.5, 0.6) is 0 Å². The van der Waals surface area contributed by atoms with E-state index in [2.05, 4.69) is 5.32 Å². The van der Waals surface area contributed by atoms with Crippen molar-refractivity contribution in [3.63, 3.8) is 0 Å². The summed E-state index contributed by atoms with van der Waals surface area (Å²) in [6, 6.07) is 11.1. The van der Waals surface area contributed by atoms with Gasteiger partial charge in [-0.15, -0.1) is 0 Å². The van der Waals surface area contributed by atoms with Gasteiger partial charge >= 0.3 is 0 Å². The van der Waals surface area contributed by atoms with Crippen molar-refractivity contribution >= 4 is 28.1 Å². The molecule has 2 aromatic rings. The van der Waals surface area contributed by atoms with Crippen molar-refractivity contribution < 1.29 is 13.4 Å². The highest BCUT2D eigenvalue weighted by atomic mass is 32.2. The van der Waals surface area contributed by atoms with Gasteiger partial charge in [-0.05, 0) is 42.8 Å². The van der Waals surface area contributed by atoms with E-state index in [1.54, 1.807) is 18.2 Å². The fourth-order valence-corrected chi connectivity index (χ4v) is 2.80. The molecule has 1 amide bonds. The lowest BCUT2D eigenvalue weighted by atomic mass is 10.2. The van der Waals surface area contributed by atoms with Gasteiger partial charge in [-0.1, -0.05) is 12.1 Å². The van der Waals surface area contributed by atoms with Crippen LogP contribution in [0.4, 0.5) is 15.8 Å². The molecule has 0 aliphatic carbocycles. The second-order valence-corrected chi connectivity index (χ2v) is 6.04. The van der Waals surface area contributed by atoms with Gasteiger partial charge in [0.25, 0.3) is 0 Å². The summed E-state index contributed by atoms with van der Waals surface area (Å²) in [4.78, 5) is 12.4. The van der Waals surface area contributed by atoms with Crippen LogP contribution in [0.25, 0.3) is 0 Å². The smallest absolute Gasteiger partial charge is 0.237 e. The lowest BCUT2D eigenvalue weighted by molar-refractivity contribution is -0.113. The highest BCUT2D eigenvalue weighted by Gasteiger charge is 2.11. The number of carbonyl (C=O) groups excluding carboxylic acids is 1. The van der Waals surface area contributed by atoms with Crippen LogP contribution in [0.2, 0.25) is 0 Å². The van der Waals surface area contributed by atoms with Crippen LogP contribution in [-0.4, -0.2) is 15.9 Å². The Morgan fingerprint density at radius 1 is 1.29 bits per heavy atom. The number of nitrogens with one attached hydrogen (secondary N) is 1. The van der Waals surface area contributed by atoms with Crippen LogP contribution < -0.4 is 11.1 Å². The molecule has 0 saturated heterocycles. The molecule has 6 heteroatoms. The second-order valence-electron chi connectivity index (χ2n) is 4.59. The van der Waals surface area contributed by atoms with Gasteiger partial charge in [0.15, 0.2) is 0 Å². The largest absolute Gasteiger partial charge is 0.396 e. The minimum Gasteiger partial charge on any atom is -0.396 e. The quantitative estimate of drug-likeness (QED) is 0.852. The maximum atomic E-state index is 13.0. The molecule has 0 aliphatic heterocycles. The predicted molar refractivity (Wildman–Crippen MR) is 81.9 cm³/mol. The molecular weight excluding hydrogens is 291 g/mol. The summed E-state index contributed by atoms with van der Waals surface area (Å²) in [6.45, 7) is 1.89. The number of hydrogen-bond donors (Lipinski definition) is 2. The molecule has 0 fully saturated rings. The van der Waals surface area contributed by atoms with Crippen molar-refractivity contribution in [2.45, 2.75) is 11.8 Å². The molecule has 0 bridgehead atoms. The first-order valence-corrected chi connectivity index (χ1v) is 7.57. The monoisotopic (exact) mass is 306 g/mol. The van der Waals surface area contributed by atoms with Crippen LogP contribution in [0.1, 0.15) is 5.56 Å². The molecule has 110 valence electrons. The maximum absolute atomic E-state index is 13.0. The Balaban J connectivity index is 2.01. The zero-order chi connectivity index (χ0) is 15.4. The number of rotatable bonds is 4. The summed E-state index contributed by atoms with van der Waals surface area (Å²) in [5.41, 5.74) is 6.72. The van der Waals surface area contributed by atoms with E-state index in [-0.39, 0.29) is 11.4 Å². The van der Waals surface area contributed by atoms with E-state index >= 15 is 0 Å². The molecule has 0 heterocycles. The Morgan fingerprint density at radius 3 is 2.71 bits per heavy atom. The standard InChI is InChI=1S/C15H15FN2O2S/c1-10-3-2-4-12(7-10)21(20)9-15(19)18-11-5-6-13(16)14(17)8-11/h2-8H,9,17H2,1H3,(H,18,19). The van der Waals surface area contributed by atoms with Gasteiger partial charge in [0, 0.05) is 10.6 Å².